The van der Waals surface area contributed by atoms with Gasteiger partial charge in [0.1, 0.15) is 6.17 Å². The lowest BCUT2D eigenvalue weighted by Crippen LogP contribution is -2.33. The third-order valence-electron chi connectivity index (χ3n) is 3.12. The Labute approximate surface area is 120 Å². The lowest BCUT2D eigenvalue weighted by molar-refractivity contribution is 0.318. The first-order valence-electron chi connectivity index (χ1n) is 5.95. The normalized spacial score (nSPS) is 19.0. The molecule has 0 bridgehead atoms. The van der Waals surface area contributed by atoms with Crippen LogP contribution < -0.4 is 0 Å². The quantitative estimate of drug-likeness (QED) is 0.797. The zero-order valence-electron chi connectivity index (χ0n) is 10.7. The summed E-state index contributed by atoms with van der Waals surface area (Å²) in [6.45, 7) is 7.78. The van der Waals surface area contributed by atoms with Crippen molar-refractivity contribution >= 4 is 33.3 Å². The molecule has 0 saturated heterocycles. The van der Waals surface area contributed by atoms with Crippen molar-refractivity contribution in [3.63, 3.8) is 0 Å². The van der Waals surface area contributed by atoms with Crippen LogP contribution in [0.15, 0.2) is 14.7 Å². The summed E-state index contributed by atoms with van der Waals surface area (Å²) in [6, 6.07) is 0. The molecule has 0 fully saturated rings. The SMILES string of the molecule is CCN1C(=S)N=NC1CCn1nc(C)c(Br)c1C. The number of rotatable bonds is 4. The number of azo groups is 1. The molecule has 0 saturated carbocycles. The molecule has 0 aliphatic carbocycles. The largest absolute Gasteiger partial charge is 0.322 e. The molecule has 1 aromatic rings. The highest BCUT2D eigenvalue weighted by molar-refractivity contribution is 9.10. The topological polar surface area (TPSA) is 45.8 Å². The highest BCUT2D eigenvalue weighted by Gasteiger charge is 2.24. The number of thiocarbonyl (C=S) groups is 1. The van der Waals surface area contributed by atoms with Gasteiger partial charge in [-0.05, 0) is 48.9 Å². The summed E-state index contributed by atoms with van der Waals surface area (Å²) in [4.78, 5) is 2.04. The van der Waals surface area contributed by atoms with E-state index in [1.165, 1.54) is 0 Å². The number of nitrogens with zero attached hydrogens (tertiary/aromatic N) is 5. The summed E-state index contributed by atoms with van der Waals surface area (Å²) >= 11 is 8.67. The Bertz CT molecular complexity index is 496. The van der Waals surface area contributed by atoms with Crippen molar-refractivity contribution in [3.8, 4) is 0 Å². The average Bonchev–Trinajstić information content (AvgIpc) is 2.82. The fraction of sp³-hybridized carbons (Fsp3) is 0.636. The van der Waals surface area contributed by atoms with E-state index in [-0.39, 0.29) is 6.17 Å². The van der Waals surface area contributed by atoms with Crippen LogP contribution in [0.5, 0.6) is 0 Å². The zero-order valence-corrected chi connectivity index (χ0v) is 13.1. The number of aryl methyl sites for hydroxylation is 2. The Morgan fingerprint density at radius 2 is 2.11 bits per heavy atom. The number of halogens is 1. The third kappa shape index (κ3) is 2.47. The van der Waals surface area contributed by atoms with E-state index in [1.54, 1.807) is 0 Å². The molecule has 1 aliphatic rings. The molecule has 18 heavy (non-hydrogen) atoms. The first-order valence-corrected chi connectivity index (χ1v) is 7.15. The van der Waals surface area contributed by atoms with Gasteiger partial charge in [0, 0.05) is 25.2 Å². The smallest absolute Gasteiger partial charge is 0.217 e. The van der Waals surface area contributed by atoms with Crippen molar-refractivity contribution in [2.75, 3.05) is 6.54 Å². The molecule has 2 rings (SSSR count). The molecule has 1 aromatic heterocycles. The minimum atomic E-state index is 0.0604. The minimum Gasteiger partial charge on any atom is -0.322 e. The van der Waals surface area contributed by atoms with Crippen LogP contribution in [0.3, 0.4) is 0 Å². The summed E-state index contributed by atoms with van der Waals surface area (Å²) < 4.78 is 3.09. The maximum Gasteiger partial charge on any atom is 0.217 e. The van der Waals surface area contributed by atoms with Crippen molar-refractivity contribution in [1.29, 1.82) is 0 Å². The van der Waals surface area contributed by atoms with Crippen LogP contribution in [0.2, 0.25) is 0 Å². The Morgan fingerprint density at radius 1 is 1.39 bits per heavy atom. The van der Waals surface area contributed by atoms with Gasteiger partial charge in [-0.25, -0.2) is 0 Å². The van der Waals surface area contributed by atoms with Gasteiger partial charge >= 0.3 is 0 Å². The van der Waals surface area contributed by atoms with Gasteiger partial charge in [-0.3, -0.25) is 4.68 Å². The molecule has 0 spiro atoms. The summed E-state index contributed by atoms with van der Waals surface area (Å²) in [5, 5.41) is 13.3. The van der Waals surface area contributed by atoms with Gasteiger partial charge in [0.2, 0.25) is 5.11 Å². The van der Waals surface area contributed by atoms with Crippen LogP contribution >= 0.6 is 28.1 Å². The molecule has 2 heterocycles. The van der Waals surface area contributed by atoms with Gasteiger partial charge in [-0.1, -0.05) is 0 Å². The summed E-state index contributed by atoms with van der Waals surface area (Å²) in [6.07, 6.45) is 0.927. The fourth-order valence-corrected chi connectivity index (χ4v) is 2.64. The van der Waals surface area contributed by atoms with E-state index in [0.717, 1.165) is 35.4 Å². The number of aromatic nitrogens is 2. The van der Waals surface area contributed by atoms with Gasteiger partial charge in [-0.2, -0.15) is 10.2 Å². The first kappa shape index (κ1) is 13.6. The molecule has 0 aromatic carbocycles. The predicted octanol–water partition coefficient (Wildman–Crippen LogP) is 3.05. The van der Waals surface area contributed by atoms with E-state index < -0.39 is 0 Å². The Morgan fingerprint density at radius 3 is 2.67 bits per heavy atom. The lowest BCUT2D eigenvalue weighted by atomic mass is 10.3. The van der Waals surface area contributed by atoms with Gasteiger partial charge in [0.15, 0.2) is 0 Å². The number of hydrogen-bond acceptors (Lipinski definition) is 3. The summed E-state index contributed by atoms with van der Waals surface area (Å²) in [5.41, 5.74) is 2.16. The molecule has 0 amide bonds. The molecule has 1 aliphatic heterocycles. The lowest BCUT2D eigenvalue weighted by Gasteiger charge is -2.21. The van der Waals surface area contributed by atoms with Gasteiger partial charge in [-0.15, -0.1) is 5.11 Å². The van der Waals surface area contributed by atoms with Crippen LogP contribution in [0.1, 0.15) is 24.7 Å². The zero-order chi connectivity index (χ0) is 13.3. The molecule has 98 valence electrons. The van der Waals surface area contributed by atoms with Crippen molar-refractivity contribution in [2.24, 2.45) is 10.2 Å². The maximum absolute atomic E-state index is 5.13. The Hall–Kier alpha value is -0.820. The number of hydrogen-bond donors (Lipinski definition) is 0. The average molecular weight is 330 g/mol. The van der Waals surface area contributed by atoms with E-state index in [4.69, 9.17) is 12.2 Å². The minimum absolute atomic E-state index is 0.0604. The second-order valence-electron chi connectivity index (χ2n) is 4.26. The molecule has 1 unspecified atom stereocenters. The Kier molecular flexibility index (Phi) is 4.11. The molecule has 0 radical (unpaired) electrons. The monoisotopic (exact) mass is 329 g/mol. The maximum atomic E-state index is 5.13. The van der Waals surface area contributed by atoms with Crippen LogP contribution in [-0.2, 0) is 6.54 Å². The highest BCUT2D eigenvalue weighted by Crippen LogP contribution is 2.21. The van der Waals surface area contributed by atoms with E-state index in [1.807, 2.05) is 16.5 Å². The van der Waals surface area contributed by atoms with Crippen LogP contribution in [0, 0.1) is 13.8 Å². The second-order valence-corrected chi connectivity index (χ2v) is 5.42. The van der Waals surface area contributed by atoms with E-state index >= 15 is 0 Å². The van der Waals surface area contributed by atoms with Crippen LogP contribution in [0.4, 0.5) is 0 Å². The van der Waals surface area contributed by atoms with Crippen molar-refractivity contribution in [1.82, 2.24) is 14.7 Å². The molecule has 7 heteroatoms. The van der Waals surface area contributed by atoms with E-state index in [0.29, 0.717) is 5.11 Å². The molecule has 0 N–H and O–H groups in total. The van der Waals surface area contributed by atoms with Gasteiger partial charge in [0.25, 0.3) is 0 Å². The third-order valence-corrected chi connectivity index (χ3v) is 4.58. The van der Waals surface area contributed by atoms with E-state index in [2.05, 4.69) is 45.1 Å². The van der Waals surface area contributed by atoms with Crippen molar-refractivity contribution < 1.29 is 0 Å². The van der Waals surface area contributed by atoms with E-state index in [9.17, 15) is 0 Å². The molecule has 1 atom stereocenters. The molecular formula is C11H16BrN5S. The van der Waals surface area contributed by atoms with Gasteiger partial charge in [0.05, 0.1) is 10.2 Å². The van der Waals surface area contributed by atoms with Crippen molar-refractivity contribution in [3.05, 3.63) is 15.9 Å². The predicted molar refractivity (Wildman–Crippen MR) is 77.6 cm³/mol. The highest BCUT2D eigenvalue weighted by atomic mass is 79.9. The standard InChI is InChI=1S/C11H16BrN5S/c1-4-16-9(13-14-11(16)18)5-6-17-8(3)10(12)7(2)15-17/h9H,4-6H2,1-3H3. The summed E-state index contributed by atoms with van der Waals surface area (Å²) in [7, 11) is 0. The van der Waals surface area contributed by atoms with Crippen LogP contribution in [-0.4, -0.2) is 32.5 Å². The van der Waals surface area contributed by atoms with Crippen LogP contribution in [0.25, 0.3) is 0 Å². The Balaban J connectivity index is 2.02. The molecule has 5 nitrogen and oxygen atoms in total. The van der Waals surface area contributed by atoms with Gasteiger partial charge < -0.3 is 4.90 Å². The molecular weight excluding hydrogens is 314 g/mol. The summed E-state index contributed by atoms with van der Waals surface area (Å²) in [5.74, 6) is 0. The fourth-order valence-electron chi connectivity index (χ4n) is 2.05. The second kappa shape index (κ2) is 5.44. The van der Waals surface area contributed by atoms with Crippen molar-refractivity contribution in [2.45, 2.75) is 39.9 Å². The first-order chi connectivity index (χ1) is 8.54.